The molecule has 0 amide bonds. The van der Waals surface area contributed by atoms with Crippen LogP contribution in [0.5, 0.6) is 0 Å². The fourth-order valence-corrected chi connectivity index (χ4v) is 2.02. The minimum Gasteiger partial charge on any atom is -0.399 e. The molecule has 112 valence electrons. The monoisotopic (exact) mass is 305 g/mol. The zero-order valence-corrected chi connectivity index (χ0v) is 11.9. The summed E-state index contributed by atoms with van der Waals surface area (Å²) in [7, 11) is 0. The summed E-state index contributed by atoms with van der Waals surface area (Å²) in [6, 6.07) is 19.3. The van der Waals surface area contributed by atoms with Gasteiger partial charge in [-0.1, -0.05) is 58.8 Å². The molecule has 7 nitrogen and oxygen atoms in total. The van der Waals surface area contributed by atoms with Crippen molar-refractivity contribution in [3.63, 3.8) is 0 Å². The van der Waals surface area contributed by atoms with Gasteiger partial charge in [-0.05, 0) is 12.1 Å². The van der Waals surface area contributed by atoms with E-state index < -0.39 is 0 Å². The molecule has 7 heteroatoms. The third-order valence-corrected chi connectivity index (χ3v) is 3.09. The lowest BCUT2D eigenvalue weighted by molar-refractivity contribution is 0.415. The standard InChI is InChI=1S/C16H11N5O2/c1-3-7-11(8-4-1)13-18-14(23-21-13)15-19-20-16(22-15)17-12-9-5-2-6-10-12/h1-10H,(H,17,20). The van der Waals surface area contributed by atoms with Crippen molar-refractivity contribution < 1.29 is 8.94 Å². The maximum atomic E-state index is 5.49. The zero-order valence-electron chi connectivity index (χ0n) is 11.9. The molecule has 4 aromatic rings. The first kappa shape index (κ1) is 13.2. The van der Waals surface area contributed by atoms with Crippen LogP contribution in [0.15, 0.2) is 69.6 Å². The van der Waals surface area contributed by atoms with Gasteiger partial charge in [-0.15, -0.1) is 5.10 Å². The maximum Gasteiger partial charge on any atom is 0.320 e. The topological polar surface area (TPSA) is 89.9 Å². The molecule has 0 atom stereocenters. The Morgan fingerprint density at radius 2 is 1.52 bits per heavy atom. The van der Waals surface area contributed by atoms with Crippen LogP contribution in [-0.2, 0) is 0 Å². The summed E-state index contributed by atoms with van der Waals surface area (Å²) in [5.41, 5.74) is 1.70. The van der Waals surface area contributed by atoms with Crippen LogP contribution >= 0.6 is 0 Å². The summed E-state index contributed by atoms with van der Waals surface area (Å²) >= 11 is 0. The van der Waals surface area contributed by atoms with E-state index in [1.54, 1.807) is 0 Å². The number of nitrogens with one attached hydrogen (secondary N) is 1. The van der Waals surface area contributed by atoms with Crippen molar-refractivity contribution in [3.05, 3.63) is 60.7 Å². The molecule has 23 heavy (non-hydrogen) atoms. The number of aromatic nitrogens is 4. The van der Waals surface area contributed by atoms with E-state index >= 15 is 0 Å². The second-order valence-electron chi connectivity index (χ2n) is 4.69. The predicted molar refractivity (Wildman–Crippen MR) is 82.8 cm³/mol. The molecule has 0 bridgehead atoms. The normalized spacial score (nSPS) is 10.6. The Morgan fingerprint density at radius 3 is 2.30 bits per heavy atom. The third kappa shape index (κ3) is 2.80. The van der Waals surface area contributed by atoms with E-state index in [4.69, 9.17) is 8.94 Å². The molecular formula is C16H11N5O2. The van der Waals surface area contributed by atoms with Crippen molar-refractivity contribution in [2.45, 2.75) is 0 Å². The Morgan fingerprint density at radius 1 is 0.783 bits per heavy atom. The molecule has 0 aliphatic rings. The lowest BCUT2D eigenvalue weighted by Crippen LogP contribution is -1.88. The van der Waals surface area contributed by atoms with Crippen LogP contribution in [0, 0.1) is 0 Å². The van der Waals surface area contributed by atoms with Gasteiger partial charge < -0.3 is 14.3 Å². The first-order valence-corrected chi connectivity index (χ1v) is 6.93. The Hall–Kier alpha value is -3.48. The van der Waals surface area contributed by atoms with Crippen LogP contribution < -0.4 is 5.32 Å². The van der Waals surface area contributed by atoms with Gasteiger partial charge in [0.15, 0.2) is 0 Å². The summed E-state index contributed by atoms with van der Waals surface area (Å²) in [6.07, 6.45) is 0. The average Bonchev–Trinajstić information content (AvgIpc) is 3.26. The van der Waals surface area contributed by atoms with Gasteiger partial charge in [0, 0.05) is 11.3 Å². The highest BCUT2D eigenvalue weighted by Crippen LogP contribution is 2.23. The summed E-state index contributed by atoms with van der Waals surface area (Å²) < 4.78 is 10.7. The Bertz CT molecular complexity index is 902. The number of para-hydroxylation sites is 1. The van der Waals surface area contributed by atoms with Crippen LogP contribution in [0.1, 0.15) is 0 Å². The van der Waals surface area contributed by atoms with Gasteiger partial charge >= 0.3 is 17.8 Å². The number of anilines is 2. The Kier molecular flexibility index (Phi) is 3.28. The number of rotatable bonds is 4. The van der Waals surface area contributed by atoms with Crippen LogP contribution in [0.25, 0.3) is 23.2 Å². The second kappa shape index (κ2) is 5.72. The SMILES string of the molecule is c1ccc(Nc2nnc(-c3nc(-c4ccccc4)no3)o2)cc1. The van der Waals surface area contributed by atoms with Crippen molar-refractivity contribution in [2.75, 3.05) is 5.32 Å². The van der Waals surface area contributed by atoms with Crippen molar-refractivity contribution in [1.29, 1.82) is 0 Å². The van der Waals surface area contributed by atoms with E-state index in [-0.39, 0.29) is 17.8 Å². The molecule has 0 spiro atoms. The average molecular weight is 305 g/mol. The Labute approximate surface area is 131 Å². The minimum atomic E-state index is 0.165. The van der Waals surface area contributed by atoms with E-state index in [9.17, 15) is 0 Å². The van der Waals surface area contributed by atoms with E-state index in [0.29, 0.717) is 5.82 Å². The van der Waals surface area contributed by atoms with Gasteiger partial charge in [0.2, 0.25) is 5.82 Å². The van der Waals surface area contributed by atoms with Crippen molar-refractivity contribution in [1.82, 2.24) is 20.3 Å². The van der Waals surface area contributed by atoms with Gasteiger partial charge in [-0.25, -0.2) is 0 Å². The van der Waals surface area contributed by atoms with Gasteiger partial charge in [-0.3, -0.25) is 0 Å². The molecule has 0 aliphatic carbocycles. The summed E-state index contributed by atoms with van der Waals surface area (Å²) in [5.74, 6) is 0.812. The molecule has 2 aromatic carbocycles. The third-order valence-electron chi connectivity index (χ3n) is 3.09. The number of nitrogens with zero attached hydrogens (tertiary/aromatic N) is 4. The van der Waals surface area contributed by atoms with Gasteiger partial charge in [0.25, 0.3) is 0 Å². The van der Waals surface area contributed by atoms with Crippen LogP contribution in [0.2, 0.25) is 0 Å². The fraction of sp³-hybridized carbons (Fsp3) is 0. The lowest BCUT2D eigenvalue weighted by atomic mass is 10.2. The van der Waals surface area contributed by atoms with E-state index in [0.717, 1.165) is 11.3 Å². The van der Waals surface area contributed by atoms with Gasteiger partial charge in [-0.2, -0.15) is 4.98 Å². The van der Waals surface area contributed by atoms with E-state index in [1.165, 1.54) is 0 Å². The largest absolute Gasteiger partial charge is 0.399 e. The maximum absolute atomic E-state index is 5.49. The first-order chi connectivity index (χ1) is 11.4. The van der Waals surface area contributed by atoms with Crippen molar-refractivity contribution >= 4 is 11.7 Å². The number of hydrogen-bond acceptors (Lipinski definition) is 7. The number of hydrogen-bond donors (Lipinski definition) is 1. The van der Waals surface area contributed by atoms with Gasteiger partial charge in [0.05, 0.1) is 0 Å². The molecule has 0 saturated carbocycles. The molecule has 2 aromatic heterocycles. The number of benzene rings is 2. The highest BCUT2D eigenvalue weighted by atomic mass is 16.5. The molecule has 0 aliphatic heterocycles. The molecule has 2 heterocycles. The van der Waals surface area contributed by atoms with Crippen LogP contribution in [0.4, 0.5) is 11.7 Å². The quantitative estimate of drug-likeness (QED) is 0.616. The lowest BCUT2D eigenvalue weighted by Gasteiger charge is -1.98. The summed E-state index contributed by atoms with van der Waals surface area (Å²) in [6.45, 7) is 0. The molecule has 0 unspecified atom stereocenters. The van der Waals surface area contributed by atoms with Crippen molar-refractivity contribution in [2.24, 2.45) is 0 Å². The summed E-state index contributed by atoms with van der Waals surface area (Å²) in [5, 5.41) is 14.8. The fourth-order valence-electron chi connectivity index (χ4n) is 2.02. The molecular weight excluding hydrogens is 294 g/mol. The Balaban J connectivity index is 1.56. The van der Waals surface area contributed by atoms with Crippen molar-refractivity contribution in [3.8, 4) is 23.2 Å². The van der Waals surface area contributed by atoms with Crippen LogP contribution in [0.3, 0.4) is 0 Å². The molecule has 1 N–H and O–H groups in total. The molecule has 4 rings (SSSR count). The predicted octanol–water partition coefficient (Wildman–Crippen LogP) is 3.53. The molecule has 0 radical (unpaired) electrons. The smallest absolute Gasteiger partial charge is 0.320 e. The van der Waals surface area contributed by atoms with E-state index in [2.05, 4.69) is 25.7 Å². The molecule has 0 fully saturated rings. The first-order valence-electron chi connectivity index (χ1n) is 6.93. The van der Waals surface area contributed by atoms with Gasteiger partial charge in [0.1, 0.15) is 0 Å². The van der Waals surface area contributed by atoms with E-state index in [1.807, 2.05) is 60.7 Å². The molecule has 0 saturated heterocycles. The zero-order chi connectivity index (χ0) is 15.5. The second-order valence-corrected chi connectivity index (χ2v) is 4.69. The van der Waals surface area contributed by atoms with Crippen LogP contribution in [-0.4, -0.2) is 20.3 Å². The highest BCUT2D eigenvalue weighted by Gasteiger charge is 2.17. The summed E-state index contributed by atoms with van der Waals surface area (Å²) in [4.78, 5) is 4.27. The minimum absolute atomic E-state index is 0.165. The highest BCUT2D eigenvalue weighted by molar-refractivity contribution is 5.56.